The summed E-state index contributed by atoms with van der Waals surface area (Å²) >= 11 is 0. The number of imidazole rings is 1. The van der Waals surface area contributed by atoms with Crippen molar-refractivity contribution in [3.63, 3.8) is 0 Å². The number of hydrogen-bond donors (Lipinski definition) is 1. The van der Waals surface area contributed by atoms with Gasteiger partial charge in [0.2, 0.25) is 0 Å². The Labute approximate surface area is 108 Å². The first-order chi connectivity index (χ1) is 8.86. The number of benzene rings is 1. The van der Waals surface area contributed by atoms with Gasteiger partial charge in [-0.15, -0.1) is 0 Å². The molecular weight excluding hydrogens is 222 g/mol. The number of nitrogens with one attached hydrogen (secondary N) is 1. The van der Waals surface area contributed by atoms with Gasteiger partial charge in [-0.1, -0.05) is 31.2 Å². The van der Waals surface area contributed by atoms with E-state index in [1.165, 1.54) is 29.7 Å². The molecule has 1 aliphatic rings. The second-order valence-corrected chi connectivity index (χ2v) is 5.02. The Morgan fingerprint density at radius 2 is 2.17 bits per heavy atom. The minimum atomic E-state index is 0.642. The molecule has 0 spiro atoms. The van der Waals surface area contributed by atoms with Crippen LogP contribution in [0.5, 0.6) is 0 Å². The van der Waals surface area contributed by atoms with Gasteiger partial charge in [0.1, 0.15) is 0 Å². The Balaban J connectivity index is 1.82. The van der Waals surface area contributed by atoms with Gasteiger partial charge in [-0.05, 0) is 24.0 Å². The van der Waals surface area contributed by atoms with E-state index in [0.717, 1.165) is 13.1 Å². The van der Waals surface area contributed by atoms with Crippen molar-refractivity contribution in [1.82, 2.24) is 14.9 Å². The van der Waals surface area contributed by atoms with Gasteiger partial charge in [-0.2, -0.15) is 0 Å². The number of nitrogens with zero attached hydrogens (tertiary/aromatic N) is 2. The van der Waals surface area contributed by atoms with Crippen LogP contribution in [0.4, 0.5) is 0 Å². The SMILES string of the molecule is CCC1Cc2ccccc2CN1Cc1cnc[nH]1. The highest BCUT2D eigenvalue weighted by molar-refractivity contribution is 5.30. The number of rotatable bonds is 3. The van der Waals surface area contributed by atoms with Crippen LogP contribution in [0.2, 0.25) is 0 Å². The monoisotopic (exact) mass is 241 g/mol. The van der Waals surface area contributed by atoms with Crippen molar-refractivity contribution < 1.29 is 0 Å². The van der Waals surface area contributed by atoms with Crippen molar-refractivity contribution in [2.75, 3.05) is 0 Å². The second-order valence-electron chi connectivity index (χ2n) is 5.02. The third-order valence-corrected chi connectivity index (χ3v) is 3.86. The first-order valence-electron chi connectivity index (χ1n) is 6.65. The minimum absolute atomic E-state index is 0.642. The van der Waals surface area contributed by atoms with E-state index < -0.39 is 0 Å². The molecule has 3 heteroatoms. The Bertz CT molecular complexity index is 504. The molecule has 0 fully saturated rings. The van der Waals surface area contributed by atoms with E-state index in [0.29, 0.717) is 6.04 Å². The van der Waals surface area contributed by atoms with E-state index in [4.69, 9.17) is 0 Å². The van der Waals surface area contributed by atoms with Crippen LogP contribution in [0.25, 0.3) is 0 Å². The predicted molar refractivity (Wildman–Crippen MR) is 72.1 cm³/mol. The molecule has 18 heavy (non-hydrogen) atoms. The molecule has 3 nitrogen and oxygen atoms in total. The van der Waals surface area contributed by atoms with Gasteiger partial charge in [0.05, 0.1) is 6.33 Å². The third kappa shape index (κ3) is 2.18. The molecule has 2 heterocycles. The van der Waals surface area contributed by atoms with Gasteiger partial charge in [0, 0.05) is 31.0 Å². The lowest BCUT2D eigenvalue weighted by atomic mass is 9.92. The van der Waals surface area contributed by atoms with E-state index in [-0.39, 0.29) is 0 Å². The summed E-state index contributed by atoms with van der Waals surface area (Å²) in [6, 6.07) is 9.45. The summed E-state index contributed by atoms with van der Waals surface area (Å²) in [5.41, 5.74) is 4.19. The zero-order valence-electron chi connectivity index (χ0n) is 10.8. The molecule has 1 aromatic heterocycles. The standard InChI is InChI=1S/C15H19N3/c1-2-15-7-12-5-3-4-6-13(12)9-18(15)10-14-8-16-11-17-14/h3-6,8,11,15H,2,7,9-10H2,1H3,(H,16,17). The van der Waals surface area contributed by atoms with Gasteiger partial charge in [-0.3, -0.25) is 4.90 Å². The van der Waals surface area contributed by atoms with Crippen molar-refractivity contribution in [3.8, 4) is 0 Å². The lowest BCUT2D eigenvalue weighted by molar-refractivity contribution is 0.156. The highest BCUT2D eigenvalue weighted by Crippen LogP contribution is 2.25. The summed E-state index contributed by atoms with van der Waals surface area (Å²) in [4.78, 5) is 9.85. The van der Waals surface area contributed by atoms with Gasteiger partial charge < -0.3 is 4.98 Å². The molecule has 1 unspecified atom stereocenters. The van der Waals surface area contributed by atoms with Crippen molar-refractivity contribution >= 4 is 0 Å². The maximum absolute atomic E-state index is 4.10. The average Bonchev–Trinajstić information content (AvgIpc) is 2.91. The summed E-state index contributed by atoms with van der Waals surface area (Å²) in [6.45, 7) is 4.29. The minimum Gasteiger partial charge on any atom is -0.347 e. The quantitative estimate of drug-likeness (QED) is 0.896. The number of H-pyrrole nitrogens is 1. The summed E-state index contributed by atoms with van der Waals surface area (Å²) in [5.74, 6) is 0. The lowest BCUT2D eigenvalue weighted by Crippen LogP contribution is -2.39. The lowest BCUT2D eigenvalue weighted by Gasteiger charge is -2.36. The fourth-order valence-electron chi connectivity index (χ4n) is 2.82. The van der Waals surface area contributed by atoms with Crippen molar-refractivity contribution in [2.45, 2.75) is 38.9 Å². The summed E-state index contributed by atoms with van der Waals surface area (Å²) in [6.07, 6.45) is 6.05. The fourth-order valence-corrected chi connectivity index (χ4v) is 2.82. The van der Waals surface area contributed by atoms with Crippen LogP contribution in [-0.4, -0.2) is 20.9 Å². The number of fused-ring (bicyclic) bond motifs is 1. The van der Waals surface area contributed by atoms with Crippen LogP contribution in [0.1, 0.15) is 30.2 Å². The van der Waals surface area contributed by atoms with Crippen LogP contribution >= 0.6 is 0 Å². The van der Waals surface area contributed by atoms with Crippen LogP contribution < -0.4 is 0 Å². The molecule has 1 aromatic carbocycles. The van der Waals surface area contributed by atoms with Crippen molar-refractivity contribution in [1.29, 1.82) is 0 Å². The smallest absolute Gasteiger partial charge is 0.0922 e. The molecule has 0 radical (unpaired) electrons. The Morgan fingerprint density at radius 3 is 2.89 bits per heavy atom. The van der Waals surface area contributed by atoms with Crippen LogP contribution in [0.3, 0.4) is 0 Å². The second kappa shape index (κ2) is 4.94. The van der Waals surface area contributed by atoms with Gasteiger partial charge >= 0.3 is 0 Å². The molecule has 3 rings (SSSR count). The van der Waals surface area contributed by atoms with Crippen molar-refractivity contribution in [2.24, 2.45) is 0 Å². The topological polar surface area (TPSA) is 31.9 Å². The number of hydrogen-bond acceptors (Lipinski definition) is 2. The predicted octanol–water partition coefficient (Wildman–Crippen LogP) is 2.75. The van der Waals surface area contributed by atoms with E-state index in [2.05, 4.69) is 46.1 Å². The zero-order chi connectivity index (χ0) is 12.4. The molecule has 94 valence electrons. The largest absolute Gasteiger partial charge is 0.347 e. The molecule has 0 saturated heterocycles. The molecule has 0 saturated carbocycles. The van der Waals surface area contributed by atoms with E-state index in [9.17, 15) is 0 Å². The summed E-state index contributed by atoms with van der Waals surface area (Å²) in [5, 5.41) is 0. The summed E-state index contributed by atoms with van der Waals surface area (Å²) < 4.78 is 0. The molecular formula is C15H19N3. The molecule has 1 aliphatic heterocycles. The van der Waals surface area contributed by atoms with Gasteiger partial charge in [0.25, 0.3) is 0 Å². The van der Waals surface area contributed by atoms with Crippen molar-refractivity contribution in [3.05, 3.63) is 53.6 Å². The highest BCUT2D eigenvalue weighted by atomic mass is 15.2. The fraction of sp³-hybridized carbons (Fsp3) is 0.400. The number of aromatic nitrogens is 2. The Hall–Kier alpha value is -1.61. The molecule has 2 aromatic rings. The van der Waals surface area contributed by atoms with Crippen LogP contribution in [-0.2, 0) is 19.5 Å². The highest BCUT2D eigenvalue weighted by Gasteiger charge is 2.24. The van der Waals surface area contributed by atoms with E-state index in [1.54, 1.807) is 6.33 Å². The normalized spacial score (nSPS) is 19.7. The molecule has 0 amide bonds. The number of aromatic amines is 1. The molecule has 1 N–H and O–H groups in total. The van der Waals surface area contributed by atoms with Crippen LogP contribution in [0, 0.1) is 0 Å². The van der Waals surface area contributed by atoms with Gasteiger partial charge in [-0.25, -0.2) is 4.98 Å². The van der Waals surface area contributed by atoms with E-state index in [1.807, 2.05) is 6.20 Å². The molecule has 1 atom stereocenters. The maximum atomic E-state index is 4.10. The first-order valence-corrected chi connectivity index (χ1v) is 6.65. The maximum Gasteiger partial charge on any atom is 0.0922 e. The zero-order valence-corrected chi connectivity index (χ0v) is 10.8. The molecule has 0 aliphatic carbocycles. The Morgan fingerprint density at radius 1 is 1.33 bits per heavy atom. The average molecular weight is 241 g/mol. The molecule has 0 bridgehead atoms. The first kappa shape index (κ1) is 11.5. The van der Waals surface area contributed by atoms with Crippen LogP contribution in [0.15, 0.2) is 36.8 Å². The Kier molecular flexibility index (Phi) is 3.15. The van der Waals surface area contributed by atoms with E-state index >= 15 is 0 Å². The van der Waals surface area contributed by atoms with Gasteiger partial charge in [0.15, 0.2) is 0 Å². The third-order valence-electron chi connectivity index (χ3n) is 3.86. The summed E-state index contributed by atoms with van der Waals surface area (Å²) in [7, 11) is 0.